The molecule has 0 amide bonds. The van der Waals surface area contributed by atoms with E-state index < -0.39 is 0 Å². The summed E-state index contributed by atoms with van der Waals surface area (Å²) in [7, 11) is 0. The molecule has 1 fully saturated rings. The van der Waals surface area contributed by atoms with E-state index in [2.05, 4.69) is 12.2 Å². The van der Waals surface area contributed by atoms with E-state index in [9.17, 15) is 4.39 Å². The van der Waals surface area contributed by atoms with Gasteiger partial charge in [0.25, 0.3) is 0 Å². The Hall–Kier alpha value is -1.09. The Labute approximate surface area is 95.2 Å². The molecule has 1 N–H and O–H groups in total. The van der Waals surface area contributed by atoms with E-state index in [1.54, 1.807) is 12.1 Å². The molecule has 3 heteroatoms. The van der Waals surface area contributed by atoms with Crippen LogP contribution in [0.5, 0.6) is 0 Å². The number of hydrogen-bond donors (Lipinski definition) is 1. The standard InChI is InChI=1S/C7H15N.C6H3FO/c1-2-7-5-3-4-6-8-7;7-5-3-4-1-2-6(5)8-4/h7-8H,2-6H2,1H3;1-3H. The van der Waals surface area contributed by atoms with Crippen LogP contribution in [0, 0.1) is 5.82 Å². The van der Waals surface area contributed by atoms with Gasteiger partial charge in [0.05, 0.1) is 0 Å². The van der Waals surface area contributed by atoms with Gasteiger partial charge in [0.2, 0.25) is 0 Å². The lowest BCUT2D eigenvalue weighted by molar-refractivity contribution is 0.393. The van der Waals surface area contributed by atoms with Crippen LogP contribution in [0.4, 0.5) is 4.39 Å². The van der Waals surface area contributed by atoms with Crippen LogP contribution in [0.2, 0.25) is 0 Å². The molecule has 2 nitrogen and oxygen atoms in total. The van der Waals surface area contributed by atoms with Gasteiger partial charge in [-0.1, -0.05) is 13.3 Å². The highest BCUT2D eigenvalue weighted by Crippen LogP contribution is 2.19. The van der Waals surface area contributed by atoms with Gasteiger partial charge < -0.3 is 9.73 Å². The minimum absolute atomic E-state index is 0.262. The maximum Gasteiger partial charge on any atom is 0.169 e. The summed E-state index contributed by atoms with van der Waals surface area (Å²) in [4.78, 5) is 0. The molecule has 0 aliphatic carbocycles. The molecule has 88 valence electrons. The van der Waals surface area contributed by atoms with Crippen LogP contribution in [0.1, 0.15) is 32.6 Å². The Balaban J connectivity index is 0.000000120. The van der Waals surface area contributed by atoms with Gasteiger partial charge in [-0.3, -0.25) is 0 Å². The highest BCUT2D eigenvalue weighted by Gasteiger charge is 2.08. The smallest absolute Gasteiger partial charge is 0.169 e. The van der Waals surface area contributed by atoms with Crippen LogP contribution >= 0.6 is 0 Å². The number of piperidine rings is 1. The third-order valence-electron chi connectivity index (χ3n) is 3.04. The number of furan rings is 2. The zero-order valence-corrected chi connectivity index (χ0v) is 9.63. The van der Waals surface area contributed by atoms with Crippen LogP contribution in [-0.4, -0.2) is 12.6 Å². The Bertz CT molecular complexity index is 406. The summed E-state index contributed by atoms with van der Waals surface area (Å²) in [5.41, 5.74) is 0.956. The quantitative estimate of drug-likeness (QED) is 0.799. The Morgan fingerprint density at radius 1 is 1.44 bits per heavy atom. The van der Waals surface area contributed by atoms with Crippen LogP contribution in [0.3, 0.4) is 0 Å². The maximum absolute atomic E-state index is 12.2. The van der Waals surface area contributed by atoms with Crippen molar-refractivity contribution in [3.63, 3.8) is 0 Å². The third kappa shape index (κ3) is 2.73. The normalized spacial score (nSPS) is 20.8. The lowest BCUT2D eigenvalue weighted by Gasteiger charge is -2.21. The zero-order chi connectivity index (χ0) is 11.4. The molecule has 1 atom stereocenters. The van der Waals surface area contributed by atoms with Gasteiger partial charge in [-0.05, 0) is 37.9 Å². The van der Waals surface area contributed by atoms with Gasteiger partial charge in [0.15, 0.2) is 11.4 Å². The summed E-state index contributed by atoms with van der Waals surface area (Å²) in [6.07, 6.45) is 5.53. The second-order valence-electron chi connectivity index (χ2n) is 4.25. The van der Waals surface area contributed by atoms with E-state index >= 15 is 0 Å². The van der Waals surface area contributed by atoms with Gasteiger partial charge in [0, 0.05) is 12.1 Å². The van der Waals surface area contributed by atoms with Crippen LogP contribution < -0.4 is 5.32 Å². The first-order chi connectivity index (χ1) is 7.79. The summed E-state index contributed by atoms with van der Waals surface area (Å²) in [5, 5.41) is 3.47. The van der Waals surface area contributed by atoms with E-state index in [0.29, 0.717) is 11.2 Å². The molecule has 0 radical (unpaired) electrons. The van der Waals surface area contributed by atoms with Crippen molar-refractivity contribution < 1.29 is 8.81 Å². The van der Waals surface area contributed by atoms with Gasteiger partial charge in [-0.2, -0.15) is 0 Å². The topological polar surface area (TPSA) is 25.2 Å². The van der Waals surface area contributed by atoms with E-state index in [0.717, 1.165) is 6.04 Å². The molecule has 2 aromatic rings. The fourth-order valence-corrected chi connectivity index (χ4v) is 2.03. The number of halogens is 1. The Kier molecular flexibility index (Phi) is 3.78. The molecule has 1 saturated heterocycles. The zero-order valence-electron chi connectivity index (χ0n) is 9.63. The third-order valence-corrected chi connectivity index (χ3v) is 3.04. The molecular weight excluding hydrogens is 205 g/mol. The highest BCUT2D eigenvalue weighted by molar-refractivity contribution is 5.60. The van der Waals surface area contributed by atoms with Crippen LogP contribution in [0.25, 0.3) is 11.2 Å². The minimum Gasteiger partial charge on any atom is -0.454 e. The molecule has 0 aromatic carbocycles. The second-order valence-corrected chi connectivity index (χ2v) is 4.25. The van der Waals surface area contributed by atoms with Crippen molar-refractivity contribution in [2.45, 2.75) is 38.6 Å². The largest absolute Gasteiger partial charge is 0.454 e. The number of rotatable bonds is 1. The molecule has 3 heterocycles. The molecule has 0 saturated carbocycles. The van der Waals surface area contributed by atoms with Crippen molar-refractivity contribution in [2.75, 3.05) is 6.54 Å². The van der Waals surface area contributed by atoms with E-state index in [-0.39, 0.29) is 5.82 Å². The molecule has 16 heavy (non-hydrogen) atoms. The SMILES string of the molecule is CCC1CCCCN1.Fc1cc2ccc1o2. The fraction of sp³-hybridized carbons (Fsp3) is 0.538. The number of nitrogens with one attached hydrogen (secondary N) is 1. The van der Waals surface area contributed by atoms with Crippen molar-refractivity contribution in [1.82, 2.24) is 5.32 Å². The molecule has 2 bridgehead atoms. The molecule has 2 aromatic heterocycles. The maximum atomic E-state index is 12.2. The monoisotopic (exact) mass is 223 g/mol. The van der Waals surface area contributed by atoms with Crippen molar-refractivity contribution >= 4 is 11.2 Å². The summed E-state index contributed by atoms with van der Waals surface area (Å²) in [6, 6.07) is 5.56. The van der Waals surface area contributed by atoms with Crippen molar-refractivity contribution in [3.8, 4) is 0 Å². The average molecular weight is 223 g/mol. The first-order valence-corrected chi connectivity index (χ1v) is 6.00. The predicted molar refractivity (Wildman–Crippen MR) is 63.3 cm³/mol. The first kappa shape index (κ1) is 11.4. The Morgan fingerprint density at radius 2 is 2.31 bits per heavy atom. The number of hydrogen-bond acceptors (Lipinski definition) is 2. The fourth-order valence-electron chi connectivity index (χ4n) is 2.03. The molecule has 1 aliphatic heterocycles. The lowest BCUT2D eigenvalue weighted by atomic mass is 10.0. The van der Waals surface area contributed by atoms with Crippen molar-refractivity contribution in [2.24, 2.45) is 0 Å². The predicted octanol–water partition coefficient (Wildman–Crippen LogP) is 3.55. The number of fused-ring (bicyclic) bond motifs is 2. The summed E-state index contributed by atoms with van der Waals surface area (Å²) >= 11 is 0. The molecule has 3 rings (SSSR count). The highest BCUT2D eigenvalue weighted by atomic mass is 19.1. The van der Waals surface area contributed by atoms with Crippen molar-refractivity contribution in [1.29, 1.82) is 0 Å². The van der Waals surface area contributed by atoms with E-state index in [1.807, 2.05) is 0 Å². The van der Waals surface area contributed by atoms with Crippen LogP contribution in [-0.2, 0) is 0 Å². The summed E-state index contributed by atoms with van der Waals surface area (Å²) < 4.78 is 17.1. The van der Waals surface area contributed by atoms with Gasteiger partial charge in [-0.15, -0.1) is 0 Å². The molecular formula is C13H18FNO. The average Bonchev–Trinajstić information content (AvgIpc) is 2.92. The Morgan fingerprint density at radius 3 is 2.62 bits per heavy atom. The minimum atomic E-state index is -0.262. The van der Waals surface area contributed by atoms with Gasteiger partial charge in [-0.25, -0.2) is 4.39 Å². The summed E-state index contributed by atoms with van der Waals surface area (Å²) in [5.74, 6) is -0.262. The van der Waals surface area contributed by atoms with E-state index in [4.69, 9.17) is 4.42 Å². The van der Waals surface area contributed by atoms with Crippen LogP contribution in [0.15, 0.2) is 22.6 Å². The first-order valence-electron chi connectivity index (χ1n) is 6.00. The van der Waals surface area contributed by atoms with Crippen molar-refractivity contribution in [3.05, 3.63) is 24.0 Å². The second kappa shape index (κ2) is 5.30. The number of benzene rings is 1. The summed E-state index contributed by atoms with van der Waals surface area (Å²) in [6.45, 7) is 3.50. The molecule has 0 spiro atoms. The molecule has 1 unspecified atom stereocenters. The van der Waals surface area contributed by atoms with Gasteiger partial charge >= 0.3 is 0 Å². The van der Waals surface area contributed by atoms with E-state index in [1.165, 1.54) is 38.3 Å². The van der Waals surface area contributed by atoms with Gasteiger partial charge in [0.1, 0.15) is 5.58 Å². The molecule has 1 aliphatic rings. The lowest BCUT2D eigenvalue weighted by Crippen LogP contribution is -2.32.